The largest absolute Gasteiger partial charge is 0.287 e. The lowest BCUT2D eigenvalue weighted by Gasteiger charge is -2.44. The van der Waals surface area contributed by atoms with E-state index in [0.29, 0.717) is 11.1 Å². The van der Waals surface area contributed by atoms with Crippen molar-refractivity contribution < 1.29 is 9.39 Å². The fourth-order valence-corrected chi connectivity index (χ4v) is 3.31. The van der Waals surface area contributed by atoms with Gasteiger partial charge in [-0.1, -0.05) is 18.9 Å². The Morgan fingerprint density at radius 2 is 1.79 bits per heavy atom. The van der Waals surface area contributed by atoms with Gasteiger partial charge in [0.15, 0.2) is 6.04 Å². The number of quaternary nitrogens is 1. The lowest BCUT2D eigenvalue weighted by atomic mass is 9.88. The maximum Gasteiger partial charge on any atom is 0.223 e. The molecular formula is C20H26N3O+. The number of allylic oxidation sites excluding steroid dienone is 1. The van der Waals surface area contributed by atoms with Crippen LogP contribution < -0.4 is 0 Å². The number of ketones is 1. The highest BCUT2D eigenvalue weighted by molar-refractivity contribution is 6.00. The van der Waals surface area contributed by atoms with Gasteiger partial charge in [-0.15, -0.1) is 0 Å². The van der Waals surface area contributed by atoms with Gasteiger partial charge in [-0.05, 0) is 52.0 Å². The SMILES string of the molecule is CC1=N[N+](C(C(=O)c2ccc(C#N)cc2)C(C)C)(C(C)(C)C)C=C1. The van der Waals surface area contributed by atoms with E-state index >= 15 is 0 Å². The maximum absolute atomic E-state index is 13.3. The van der Waals surface area contributed by atoms with Gasteiger partial charge in [0.1, 0.15) is 11.7 Å². The summed E-state index contributed by atoms with van der Waals surface area (Å²) in [7, 11) is 0. The van der Waals surface area contributed by atoms with E-state index in [1.807, 2.05) is 19.2 Å². The average molecular weight is 324 g/mol. The first-order valence-electron chi connectivity index (χ1n) is 8.31. The molecule has 0 saturated carbocycles. The van der Waals surface area contributed by atoms with Crippen LogP contribution in [0.3, 0.4) is 0 Å². The summed E-state index contributed by atoms with van der Waals surface area (Å²) in [6, 6.07) is 8.65. The zero-order chi connectivity index (χ0) is 18.1. The normalized spacial score (nSPS) is 21.5. The number of hydrogen-bond donors (Lipinski definition) is 0. The third kappa shape index (κ3) is 3.05. The second-order valence-electron chi connectivity index (χ2n) is 7.71. The molecule has 0 aliphatic carbocycles. The first-order valence-corrected chi connectivity index (χ1v) is 8.31. The van der Waals surface area contributed by atoms with Crippen molar-refractivity contribution in [2.45, 2.75) is 53.1 Å². The standard InChI is InChI=1S/C20H26N3O/c1-14(2)18(19(24)17-9-7-16(13-21)8-10-17)23(20(4,5)6)12-11-15(3)22-23/h7-12,14,18H,1-6H3/q+1. The number of Topliss-reactive ketones (excluding diaryl/α,β-unsaturated/α-hetero) is 1. The summed E-state index contributed by atoms with van der Waals surface area (Å²) in [6.07, 6.45) is 4.04. The van der Waals surface area contributed by atoms with Crippen LogP contribution >= 0.6 is 0 Å². The molecule has 1 aliphatic heterocycles. The summed E-state index contributed by atoms with van der Waals surface area (Å²) in [5.41, 5.74) is 1.87. The molecule has 4 nitrogen and oxygen atoms in total. The number of carbonyl (C=O) groups is 1. The second-order valence-corrected chi connectivity index (χ2v) is 7.71. The molecule has 1 aromatic rings. The van der Waals surface area contributed by atoms with Crippen LogP contribution in [0.5, 0.6) is 0 Å². The number of nitrogens with zero attached hydrogens (tertiary/aromatic N) is 3. The molecule has 4 heteroatoms. The molecule has 1 aromatic carbocycles. The van der Waals surface area contributed by atoms with Crippen molar-refractivity contribution in [1.29, 1.82) is 5.26 Å². The second kappa shape index (κ2) is 6.33. The van der Waals surface area contributed by atoms with Crippen molar-refractivity contribution in [2.24, 2.45) is 11.0 Å². The Morgan fingerprint density at radius 3 is 2.17 bits per heavy atom. The lowest BCUT2D eigenvalue weighted by molar-refractivity contribution is -0.946. The predicted molar refractivity (Wildman–Crippen MR) is 96.4 cm³/mol. The Kier molecular flexibility index (Phi) is 4.77. The molecule has 0 amide bonds. The van der Waals surface area contributed by atoms with Crippen molar-refractivity contribution in [1.82, 2.24) is 0 Å². The topological polar surface area (TPSA) is 53.2 Å². The molecule has 2 unspecified atom stereocenters. The number of carbonyl (C=O) groups excluding carboxylic acids is 1. The molecule has 126 valence electrons. The summed E-state index contributed by atoms with van der Waals surface area (Å²) in [4.78, 5) is 13.3. The molecule has 1 heterocycles. The molecule has 0 spiro atoms. The summed E-state index contributed by atoms with van der Waals surface area (Å²) in [6.45, 7) is 12.4. The fourth-order valence-electron chi connectivity index (χ4n) is 3.31. The minimum Gasteiger partial charge on any atom is -0.287 e. The van der Waals surface area contributed by atoms with Crippen LogP contribution in [0.2, 0.25) is 0 Å². The first-order chi connectivity index (χ1) is 11.1. The molecule has 0 aromatic heterocycles. The summed E-state index contributed by atoms with van der Waals surface area (Å²) >= 11 is 0. The third-order valence-corrected chi connectivity index (χ3v) is 4.56. The molecule has 2 rings (SSSR count). The summed E-state index contributed by atoms with van der Waals surface area (Å²) in [5, 5.41) is 13.8. The van der Waals surface area contributed by atoms with Crippen molar-refractivity contribution in [3.63, 3.8) is 0 Å². The van der Waals surface area contributed by atoms with Gasteiger partial charge in [-0.2, -0.15) is 9.85 Å². The molecule has 1 aliphatic rings. The highest BCUT2D eigenvalue weighted by Crippen LogP contribution is 2.38. The minimum absolute atomic E-state index is 0.0625. The molecule has 0 bridgehead atoms. The van der Waals surface area contributed by atoms with E-state index in [2.05, 4.69) is 40.7 Å². The van der Waals surface area contributed by atoms with Crippen LogP contribution in [0, 0.1) is 17.2 Å². The van der Waals surface area contributed by atoms with E-state index < -0.39 is 0 Å². The van der Waals surface area contributed by atoms with Crippen LogP contribution in [-0.4, -0.2) is 27.7 Å². The molecular weight excluding hydrogens is 298 g/mol. The third-order valence-electron chi connectivity index (χ3n) is 4.56. The van der Waals surface area contributed by atoms with Gasteiger partial charge in [-0.25, -0.2) is 0 Å². The minimum atomic E-state index is -0.313. The van der Waals surface area contributed by atoms with Crippen molar-refractivity contribution in [2.75, 3.05) is 0 Å². The van der Waals surface area contributed by atoms with E-state index in [1.165, 1.54) is 0 Å². The van der Waals surface area contributed by atoms with Gasteiger partial charge in [0, 0.05) is 17.6 Å². The van der Waals surface area contributed by atoms with Crippen LogP contribution in [-0.2, 0) is 0 Å². The predicted octanol–water partition coefficient (Wildman–Crippen LogP) is 4.28. The zero-order valence-electron chi connectivity index (χ0n) is 15.4. The van der Waals surface area contributed by atoms with E-state index in [-0.39, 0.29) is 27.9 Å². The Hall–Kier alpha value is -2.25. The van der Waals surface area contributed by atoms with Gasteiger partial charge in [-0.3, -0.25) is 4.79 Å². The molecule has 24 heavy (non-hydrogen) atoms. The molecule has 0 radical (unpaired) electrons. The van der Waals surface area contributed by atoms with Gasteiger partial charge in [0.05, 0.1) is 17.3 Å². The Labute approximate surface area is 144 Å². The van der Waals surface area contributed by atoms with Gasteiger partial charge < -0.3 is 0 Å². The van der Waals surface area contributed by atoms with E-state index in [9.17, 15) is 4.79 Å². The van der Waals surface area contributed by atoms with Crippen molar-refractivity contribution >= 4 is 11.5 Å². The molecule has 0 fully saturated rings. The number of nitriles is 1. The zero-order valence-corrected chi connectivity index (χ0v) is 15.4. The molecule has 0 saturated heterocycles. The molecule has 0 N–H and O–H groups in total. The Morgan fingerprint density at radius 1 is 1.21 bits per heavy atom. The van der Waals surface area contributed by atoms with Crippen LogP contribution in [0.4, 0.5) is 0 Å². The van der Waals surface area contributed by atoms with Crippen LogP contribution in [0.25, 0.3) is 0 Å². The molecule has 2 atom stereocenters. The number of benzene rings is 1. The highest BCUT2D eigenvalue weighted by atomic mass is 16.1. The number of hydrogen-bond acceptors (Lipinski definition) is 3. The quantitative estimate of drug-likeness (QED) is 0.613. The first kappa shape index (κ1) is 18.1. The maximum atomic E-state index is 13.3. The highest BCUT2D eigenvalue weighted by Gasteiger charge is 2.53. The van der Waals surface area contributed by atoms with Gasteiger partial charge in [0.2, 0.25) is 5.78 Å². The van der Waals surface area contributed by atoms with Crippen molar-refractivity contribution in [3.8, 4) is 6.07 Å². The Balaban J connectivity index is 2.54. The van der Waals surface area contributed by atoms with Gasteiger partial charge >= 0.3 is 0 Å². The monoisotopic (exact) mass is 324 g/mol. The van der Waals surface area contributed by atoms with Crippen molar-refractivity contribution in [3.05, 3.63) is 47.7 Å². The fraction of sp³-hybridized carbons (Fsp3) is 0.450. The number of rotatable bonds is 4. The Bertz CT molecular complexity index is 730. The lowest BCUT2D eigenvalue weighted by Crippen LogP contribution is -2.62. The van der Waals surface area contributed by atoms with E-state index in [4.69, 9.17) is 10.4 Å². The van der Waals surface area contributed by atoms with E-state index in [1.54, 1.807) is 24.3 Å². The van der Waals surface area contributed by atoms with Crippen LogP contribution in [0.15, 0.2) is 41.6 Å². The van der Waals surface area contributed by atoms with Crippen LogP contribution in [0.1, 0.15) is 57.5 Å². The van der Waals surface area contributed by atoms with E-state index in [0.717, 1.165) is 5.71 Å². The van der Waals surface area contributed by atoms with Gasteiger partial charge in [0.25, 0.3) is 0 Å². The smallest absolute Gasteiger partial charge is 0.223 e. The average Bonchev–Trinajstić information content (AvgIpc) is 2.90. The summed E-state index contributed by atoms with van der Waals surface area (Å²) < 4.78 is 0.273. The summed E-state index contributed by atoms with van der Waals surface area (Å²) in [5.74, 6) is 0.180.